The van der Waals surface area contributed by atoms with Crippen molar-refractivity contribution < 1.29 is 26.7 Å². The quantitative estimate of drug-likeness (QED) is 0.257. The molecule has 0 spiro atoms. The van der Waals surface area contributed by atoms with E-state index in [1.165, 1.54) is 30.5 Å². The van der Waals surface area contributed by atoms with Gasteiger partial charge in [0.1, 0.15) is 11.6 Å². The fraction of sp³-hybridized carbons (Fsp3) is 0.310. The molecular weight excluding hydrogens is 591 g/mol. The zero-order valence-electron chi connectivity index (χ0n) is 22.5. The van der Waals surface area contributed by atoms with E-state index in [1.54, 1.807) is 0 Å². The number of nitrogens with one attached hydrogen (secondary N) is 2. The van der Waals surface area contributed by atoms with Crippen molar-refractivity contribution in [2.24, 2.45) is 0 Å². The summed E-state index contributed by atoms with van der Waals surface area (Å²) < 4.78 is 75.3. The molecule has 2 aliphatic rings. The summed E-state index contributed by atoms with van der Waals surface area (Å²) in [6.45, 7) is 1.86. The molecule has 1 aliphatic carbocycles. The second kappa shape index (κ2) is 11.0. The largest absolute Gasteiger partial charge is 0.388 e. The number of likely N-dealkylation sites (tertiary alicyclic amines) is 1. The topological polar surface area (TPSA) is 107 Å². The smallest absolute Gasteiger partial charge is 0.262 e. The van der Waals surface area contributed by atoms with Crippen LogP contribution in [0.2, 0.25) is 5.02 Å². The third kappa shape index (κ3) is 5.28. The summed E-state index contributed by atoms with van der Waals surface area (Å²) in [7, 11) is -2.36. The number of piperidine rings is 1. The van der Waals surface area contributed by atoms with Crippen LogP contribution in [0.3, 0.4) is 0 Å². The van der Waals surface area contributed by atoms with Crippen LogP contribution in [0.4, 0.5) is 24.8 Å². The van der Waals surface area contributed by atoms with Crippen molar-refractivity contribution in [2.75, 3.05) is 30.2 Å². The molecular formula is C29H27ClF3N5O3S. The fourth-order valence-electron chi connectivity index (χ4n) is 5.62. The molecule has 3 aromatic carbocycles. The minimum absolute atomic E-state index is 0.0424. The second-order valence-corrected chi connectivity index (χ2v) is 12.8. The third-order valence-electron chi connectivity index (χ3n) is 7.88. The highest BCUT2D eigenvalue weighted by Crippen LogP contribution is 2.39. The molecule has 0 radical (unpaired) electrons. The van der Waals surface area contributed by atoms with Crippen LogP contribution in [0.5, 0.6) is 0 Å². The number of rotatable bonds is 6. The highest BCUT2D eigenvalue weighted by Gasteiger charge is 2.30. The number of aromatic nitrogens is 2. The van der Waals surface area contributed by atoms with E-state index in [-0.39, 0.29) is 33.3 Å². The Morgan fingerprint density at radius 1 is 1.05 bits per heavy atom. The van der Waals surface area contributed by atoms with E-state index in [1.807, 2.05) is 0 Å². The van der Waals surface area contributed by atoms with Gasteiger partial charge in [-0.2, -0.15) is 0 Å². The van der Waals surface area contributed by atoms with Gasteiger partial charge in [-0.1, -0.05) is 11.6 Å². The van der Waals surface area contributed by atoms with E-state index in [2.05, 4.69) is 32.0 Å². The molecule has 6 rings (SSSR count). The second-order valence-electron chi connectivity index (χ2n) is 10.7. The average Bonchev–Trinajstić information content (AvgIpc) is 3.32. The van der Waals surface area contributed by atoms with Crippen LogP contribution in [0, 0.1) is 17.5 Å². The van der Waals surface area contributed by atoms with E-state index in [0.717, 1.165) is 38.1 Å². The number of aliphatic hydroxyl groups excluding tert-OH is 1. The van der Waals surface area contributed by atoms with Crippen LogP contribution in [-0.4, -0.2) is 54.6 Å². The maximum atomic E-state index is 15.8. The van der Waals surface area contributed by atoms with Crippen LogP contribution >= 0.6 is 11.6 Å². The van der Waals surface area contributed by atoms with E-state index < -0.39 is 50.4 Å². The fourth-order valence-corrected chi connectivity index (χ4v) is 7.30. The van der Waals surface area contributed by atoms with Gasteiger partial charge in [0.15, 0.2) is 5.82 Å². The van der Waals surface area contributed by atoms with Gasteiger partial charge in [0.05, 0.1) is 33.2 Å². The summed E-state index contributed by atoms with van der Waals surface area (Å²) in [5.74, 6) is -2.99. The number of fused-ring (bicyclic) bond motifs is 2. The normalized spacial score (nSPS) is 17.9. The summed E-state index contributed by atoms with van der Waals surface area (Å²) in [6.07, 6.45) is 2.80. The van der Waals surface area contributed by atoms with Gasteiger partial charge in [-0.3, -0.25) is 4.72 Å². The van der Waals surface area contributed by atoms with Gasteiger partial charge in [-0.05, 0) is 93.3 Å². The predicted octanol–water partition coefficient (Wildman–Crippen LogP) is 5.65. The highest BCUT2D eigenvalue weighted by atomic mass is 35.5. The van der Waals surface area contributed by atoms with Crippen LogP contribution < -0.4 is 10.0 Å². The first-order chi connectivity index (χ1) is 20.0. The molecule has 1 fully saturated rings. The first-order valence-electron chi connectivity index (χ1n) is 13.4. The van der Waals surface area contributed by atoms with Gasteiger partial charge in [-0.25, -0.2) is 31.6 Å². The van der Waals surface area contributed by atoms with Crippen molar-refractivity contribution in [1.29, 1.82) is 0 Å². The minimum Gasteiger partial charge on any atom is -0.388 e. The standard InChI is InChI=1S/C29H27ClF3N5O3S/c1-38-10-8-16(9-11-38)35-29-34-14-20-22(36-29)5-2-18(27(20)32)26-21(31)4-6-23(28(26)33)37-42(40,41)25-13-15(30)12-19-17(25)3-7-24(19)39/h2,4-6,12-14,16,24,37,39H,3,7-11H2,1H3,(H,34,35,36)/t24-/m1/s1. The number of anilines is 2. The van der Waals surface area contributed by atoms with Crippen molar-refractivity contribution in [3.05, 3.63) is 76.2 Å². The van der Waals surface area contributed by atoms with Crippen molar-refractivity contribution in [3.63, 3.8) is 0 Å². The molecule has 1 atom stereocenters. The lowest BCUT2D eigenvalue weighted by Gasteiger charge is -2.29. The molecule has 42 heavy (non-hydrogen) atoms. The number of halogens is 4. The van der Waals surface area contributed by atoms with Crippen molar-refractivity contribution in [2.45, 2.75) is 42.7 Å². The van der Waals surface area contributed by atoms with E-state index >= 15 is 13.2 Å². The molecule has 0 bridgehead atoms. The highest BCUT2D eigenvalue weighted by molar-refractivity contribution is 7.92. The van der Waals surface area contributed by atoms with Crippen molar-refractivity contribution in [3.8, 4) is 11.1 Å². The third-order valence-corrected chi connectivity index (χ3v) is 9.53. The Bertz CT molecular complexity index is 1820. The van der Waals surface area contributed by atoms with Crippen LogP contribution in [0.1, 0.15) is 36.5 Å². The summed E-state index contributed by atoms with van der Waals surface area (Å²) in [5.41, 5.74) is -0.732. The molecule has 4 aromatic rings. The molecule has 3 N–H and O–H groups in total. The number of aliphatic hydroxyl groups is 1. The predicted molar refractivity (Wildman–Crippen MR) is 155 cm³/mol. The Morgan fingerprint density at radius 2 is 1.81 bits per heavy atom. The van der Waals surface area contributed by atoms with Gasteiger partial charge in [0.2, 0.25) is 5.95 Å². The maximum absolute atomic E-state index is 15.8. The summed E-state index contributed by atoms with van der Waals surface area (Å²) in [5, 5.41) is 13.5. The maximum Gasteiger partial charge on any atom is 0.262 e. The van der Waals surface area contributed by atoms with Gasteiger partial charge in [0.25, 0.3) is 10.0 Å². The number of hydrogen-bond acceptors (Lipinski definition) is 7. The first kappa shape index (κ1) is 28.7. The summed E-state index contributed by atoms with van der Waals surface area (Å²) in [4.78, 5) is 10.6. The Balaban J connectivity index is 1.33. The monoisotopic (exact) mass is 617 g/mol. The number of hydrogen-bond donors (Lipinski definition) is 3. The summed E-state index contributed by atoms with van der Waals surface area (Å²) in [6, 6.07) is 7.30. The molecule has 1 saturated heterocycles. The lowest BCUT2D eigenvalue weighted by atomic mass is 10.0. The van der Waals surface area contributed by atoms with Crippen LogP contribution in [0.15, 0.2) is 47.5 Å². The molecule has 0 saturated carbocycles. The first-order valence-corrected chi connectivity index (χ1v) is 15.3. The van der Waals surface area contributed by atoms with E-state index in [0.29, 0.717) is 23.5 Å². The van der Waals surface area contributed by atoms with Crippen LogP contribution in [-0.2, 0) is 16.4 Å². The minimum atomic E-state index is -4.42. The number of nitrogens with zero attached hydrogens (tertiary/aromatic N) is 3. The lowest BCUT2D eigenvalue weighted by Crippen LogP contribution is -2.37. The molecule has 13 heteroatoms. The van der Waals surface area contributed by atoms with E-state index in [9.17, 15) is 13.5 Å². The Labute approximate surface area is 245 Å². The van der Waals surface area contributed by atoms with Crippen molar-refractivity contribution in [1.82, 2.24) is 14.9 Å². The molecule has 2 heterocycles. The SMILES string of the molecule is CN1CCC(Nc2ncc3c(F)c(-c4c(F)ccc(NS(=O)(=O)c5cc(Cl)cc6c5CC[C@H]6O)c4F)ccc3n2)CC1. The molecule has 1 aliphatic heterocycles. The van der Waals surface area contributed by atoms with E-state index in [4.69, 9.17) is 11.6 Å². The van der Waals surface area contributed by atoms with Gasteiger partial charge in [-0.15, -0.1) is 0 Å². The summed E-state index contributed by atoms with van der Waals surface area (Å²) >= 11 is 6.10. The number of sulfonamides is 1. The Morgan fingerprint density at radius 3 is 2.57 bits per heavy atom. The average molecular weight is 618 g/mol. The molecule has 0 amide bonds. The molecule has 1 aromatic heterocycles. The lowest BCUT2D eigenvalue weighted by molar-refractivity contribution is 0.180. The van der Waals surface area contributed by atoms with Gasteiger partial charge in [0, 0.05) is 22.8 Å². The molecule has 220 valence electrons. The molecule has 8 nitrogen and oxygen atoms in total. The zero-order valence-corrected chi connectivity index (χ0v) is 24.0. The van der Waals surface area contributed by atoms with Gasteiger partial charge < -0.3 is 15.3 Å². The zero-order chi connectivity index (χ0) is 29.8. The Hall–Kier alpha value is -3.45. The van der Waals surface area contributed by atoms with Crippen LogP contribution in [0.25, 0.3) is 22.0 Å². The number of benzene rings is 3. The van der Waals surface area contributed by atoms with Gasteiger partial charge >= 0.3 is 0 Å². The molecule has 0 unspecified atom stereocenters. The Kier molecular flexibility index (Phi) is 7.50. The van der Waals surface area contributed by atoms with Crippen molar-refractivity contribution >= 4 is 44.2 Å².